The fourth-order valence-corrected chi connectivity index (χ4v) is 2.52. The Hall–Kier alpha value is -1.36. The van der Waals surface area contributed by atoms with Gasteiger partial charge in [0.2, 0.25) is 0 Å². The fraction of sp³-hybridized carbons (Fsp3) is 0.714. The van der Waals surface area contributed by atoms with E-state index in [0.29, 0.717) is 5.82 Å². The molecular weight excluding hydrogens is 240 g/mol. The van der Waals surface area contributed by atoms with E-state index in [0.717, 1.165) is 24.7 Å². The number of nitrogens with zero attached hydrogens (tertiary/aromatic N) is 3. The van der Waals surface area contributed by atoms with Crippen molar-refractivity contribution in [2.24, 2.45) is 0 Å². The van der Waals surface area contributed by atoms with Crippen molar-refractivity contribution in [3.8, 4) is 0 Å². The number of morpholine rings is 1. The molecule has 0 aliphatic carbocycles. The maximum Gasteiger partial charge on any atom is 0.135 e. The zero-order chi connectivity index (χ0) is 14.2. The number of hydrogen-bond donors (Lipinski definition) is 1. The molecule has 2 heterocycles. The van der Waals surface area contributed by atoms with Gasteiger partial charge in [0.05, 0.1) is 11.7 Å². The summed E-state index contributed by atoms with van der Waals surface area (Å²) in [4.78, 5) is 11.2. The first-order valence-corrected chi connectivity index (χ1v) is 6.84. The van der Waals surface area contributed by atoms with Crippen LogP contribution in [0.3, 0.4) is 0 Å². The monoisotopic (exact) mass is 264 g/mol. The van der Waals surface area contributed by atoms with Crippen molar-refractivity contribution in [1.82, 2.24) is 9.97 Å². The Morgan fingerprint density at radius 1 is 1.42 bits per heavy atom. The Labute approximate surface area is 115 Å². The van der Waals surface area contributed by atoms with Crippen LogP contribution in [0, 0.1) is 0 Å². The molecule has 5 heteroatoms. The summed E-state index contributed by atoms with van der Waals surface area (Å²) in [5, 5.41) is 0. The smallest absolute Gasteiger partial charge is 0.135 e. The lowest BCUT2D eigenvalue weighted by Crippen LogP contribution is -2.52. The van der Waals surface area contributed by atoms with E-state index in [1.54, 1.807) is 0 Å². The van der Waals surface area contributed by atoms with Gasteiger partial charge in [0.1, 0.15) is 17.5 Å². The molecule has 0 amide bonds. The van der Waals surface area contributed by atoms with Crippen molar-refractivity contribution in [1.29, 1.82) is 0 Å². The van der Waals surface area contributed by atoms with Gasteiger partial charge in [-0.25, -0.2) is 9.97 Å². The minimum Gasteiger partial charge on any atom is -0.384 e. The molecular formula is C14H24N4O. The van der Waals surface area contributed by atoms with Crippen molar-refractivity contribution >= 4 is 11.6 Å². The van der Waals surface area contributed by atoms with Crippen LogP contribution in [0.2, 0.25) is 0 Å². The van der Waals surface area contributed by atoms with Crippen molar-refractivity contribution in [3.05, 3.63) is 11.9 Å². The van der Waals surface area contributed by atoms with E-state index in [4.69, 9.17) is 10.5 Å². The highest BCUT2D eigenvalue weighted by molar-refractivity contribution is 5.48. The van der Waals surface area contributed by atoms with Crippen molar-refractivity contribution in [3.63, 3.8) is 0 Å². The highest BCUT2D eigenvalue weighted by Crippen LogP contribution is 2.26. The third kappa shape index (κ3) is 3.35. The van der Waals surface area contributed by atoms with Crippen LogP contribution in [0.15, 0.2) is 6.07 Å². The van der Waals surface area contributed by atoms with Crippen molar-refractivity contribution < 1.29 is 4.74 Å². The van der Waals surface area contributed by atoms with Gasteiger partial charge in [-0.1, -0.05) is 13.8 Å². The Morgan fingerprint density at radius 2 is 2.11 bits per heavy atom. The summed E-state index contributed by atoms with van der Waals surface area (Å²) in [6, 6.07) is 1.85. The highest BCUT2D eigenvalue weighted by Gasteiger charge is 2.32. The lowest BCUT2D eigenvalue weighted by molar-refractivity contribution is -0.0751. The first-order valence-electron chi connectivity index (χ1n) is 6.84. The molecule has 19 heavy (non-hydrogen) atoms. The SMILES string of the molecule is CC1CN(c2cc(N)nc(C(C)C)n2)CC(C)(C)O1. The molecule has 1 aromatic heterocycles. The molecule has 5 nitrogen and oxygen atoms in total. The Balaban J connectivity index is 2.30. The molecule has 1 aliphatic rings. The number of ether oxygens (including phenoxy) is 1. The average molecular weight is 264 g/mol. The molecule has 0 saturated carbocycles. The van der Waals surface area contributed by atoms with Crippen LogP contribution in [-0.2, 0) is 4.74 Å². The summed E-state index contributed by atoms with van der Waals surface area (Å²) in [5.74, 6) is 2.51. The normalized spacial score (nSPS) is 22.8. The Morgan fingerprint density at radius 3 is 2.68 bits per heavy atom. The van der Waals surface area contributed by atoms with Crippen LogP contribution in [-0.4, -0.2) is 34.8 Å². The molecule has 2 N–H and O–H groups in total. The highest BCUT2D eigenvalue weighted by atomic mass is 16.5. The maximum absolute atomic E-state index is 5.92. The standard InChI is InChI=1S/C14H24N4O/c1-9(2)13-16-11(15)6-12(17-13)18-7-10(3)19-14(4,5)8-18/h6,9-10H,7-8H2,1-5H3,(H2,15,16,17). The molecule has 1 atom stereocenters. The number of aromatic nitrogens is 2. The molecule has 106 valence electrons. The molecule has 0 aromatic carbocycles. The van der Waals surface area contributed by atoms with Gasteiger partial charge in [0.15, 0.2) is 0 Å². The first-order chi connectivity index (χ1) is 8.77. The second-order valence-electron chi connectivity index (χ2n) is 6.23. The van der Waals surface area contributed by atoms with Gasteiger partial charge in [-0.15, -0.1) is 0 Å². The molecule has 2 rings (SSSR count). The molecule has 1 aliphatic heterocycles. The maximum atomic E-state index is 5.92. The van der Waals surface area contributed by atoms with Crippen LogP contribution < -0.4 is 10.6 Å². The minimum absolute atomic E-state index is 0.171. The Kier molecular flexibility index (Phi) is 3.67. The summed E-state index contributed by atoms with van der Waals surface area (Å²) < 4.78 is 5.92. The van der Waals surface area contributed by atoms with Crippen LogP contribution in [0.25, 0.3) is 0 Å². The van der Waals surface area contributed by atoms with E-state index >= 15 is 0 Å². The van der Waals surface area contributed by atoms with Gasteiger partial charge < -0.3 is 15.4 Å². The first kappa shape index (κ1) is 14.1. The number of hydrogen-bond acceptors (Lipinski definition) is 5. The minimum atomic E-state index is -0.171. The van der Waals surface area contributed by atoms with Gasteiger partial charge in [0, 0.05) is 25.1 Å². The number of rotatable bonds is 2. The van der Waals surface area contributed by atoms with Gasteiger partial charge in [-0.3, -0.25) is 0 Å². The molecule has 1 aromatic rings. The number of anilines is 2. The van der Waals surface area contributed by atoms with Gasteiger partial charge in [0.25, 0.3) is 0 Å². The topological polar surface area (TPSA) is 64.3 Å². The number of nitrogens with two attached hydrogens (primary N) is 1. The molecule has 1 fully saturated rings. The molecule has 0 bridgehead atoms. The third-order valence-electron chi connectivity index (χ3n) is 3.16. The quantitative estimate of drug-likeness (QED) is 0.887. The summed E-state index contributed by atoms with van der Waals surface area (Å²) in [6.45, 7) is 12.1. The molecule has 0 radical (unpaired) electrons. The summed E-state index contributed by atoms with van der Waals surface area (Å²) >= 11 is 0. The lowest BCUT2D eigenvalue weighted by Gasteiger charge is -2.42. The van der Waals surface area contributed by atoms with Crippen molar-refractivity contribution in [2.45, 2.75) is 52.2 Å². The second-order valence-corrected chi connectivity index (χ2v) is 6.23. The van der Waals surface area contributed by atoms with Crippen molar-refractivity contribution in [2.75, 3.05) is 23.7 Å². The zero-order valence-electron chi connectivity index (χ0n) is 12.5. The molecule has 0 spiro atoms. The third-order valence-corrected chi connectivity index (χ3v) is 3.16. The van der Waals surface area contributed by atoms with Crippen LogP contribution in [0.5, 0.6) is 0 Å². The zero-order valence-corrected chi connectivity index (χ0v) is 12.5. The van der Waals surface area contributed by atoms with E-state index < -0.39 is 0 Å². The summed E-state index contributed by atoms with van der Waals surface area (Å²) in [5.41, 5.74) is 5.73. The van der Waals surface area contributed by atoms with Gasteiger partial charge in [-0.05, 0) is 20.8 Å². The average Bonchev–Trinajstić information content (AvgIpc) is 2.25. The lowest BCUT2D eigenvalue weighted by atomic mass is 10.1. The van der Waals surface area contributed by atoms with Crippen LogP contribution >= 0.6 is 0 Å². The van der Waals surface area contributed by atoms with Crippen LogP contribution in [0.1, 0.15) is 46.4 Å². The predicted octanol–water partition coefficient (Wildman–Crippen LogP) is 2.19. The molecule has 1 saturated heterocycles. The summed E-state index contributed by atoms with van der Waals surface area (Å²) in [7, 11) is 0. The van der Waals surface area contributed by atoms with Gasteiger partial charge in [-0.2, -0.15) is 0 Å². The van der Waals surface area contributed by atoms with Crippen LogP contribution in [0.4, 0.5) is 11.6 Å². The second kappa shape index (κ2) is 4.96. The van der Waals surface area contributed by atoms with E-state index in [2.05, 4.69) is 49.5 Å². The van der Waals surface area contributed by atoms with E-state index in [9.17, 15) is 0 Å². The number of nitrogen functional groups attached to an aromatic ring is 1. The summed E-state index contributed by atoms with van der Waals surface area (Å²) in [6.07, 6.45) is 0.183. The Bertz CT molecular complexity index is 459. The fourth-order valence-electron chi connectivity index (χ4n) is 2.52. The van der Waals surface area contributed by atoms with E-state index in [1.165, 1.54) is 0 Å². The largest absolute Gasteiger partial charge is 0.384 e. The van der Waals surface area contributed by atoms with E-state index in [-0.39, 0.29) is 17.6 Å². The van der Waals surface area contributed by atoms with Gasteiger partial charge >= 0.3 is 0 Å². The predicted molar refractivity (Wildman–Crippen MR) is 77.4 cm³/mol. The molecule has 1 unspecified atom stereocenters. The van der Waals surface area contributed by atoms with E-state index in [1.807, 2.05) is 6.07 Å².